The van der Waals surface area contributed by atoms with Gasteiger partial charge in [0.2, 0.25) is 5.91 Å². The number of carbonyl (C=O) groups excluding carboxylic acids is 1. The lowest BCUT2D eigenvalue weighted by atomic mass is 9.88. The fourth-order valence-electron chi connectivity index (χ4n) is 1.16. The first-order valence-corrected chi connectivity index (χ1v) is 6.88. The molecule has 98 valence electrons. The van der Waals surface area contributed by atoms with Gasteiger partial charge in [0.25, 0.3) is 0 Å². The molecule has 0 heterocycles. The molecular weight excluding hydrogens is 230 g/mol. The first-order valence-electron chi connectivity index (χ1n) is 5.20. The normalized spacial score (nSPS) is 14.8. The molecule has 0 aromatic heterocycles. The van der Waals surface area contributed by atoms with Gasteiger partial charge in [-0.15, -0.1) is 0 Å². The summed E-state index contributed by atoms with van der Waals surface area (Å²) in [6, 6.07) is 0. The summed E-state index contributed by atoms with van der Waals surface area (Å²) < 4.78 is 26.9. The molecule has 0 fully saturated rings. The second kappa shape index (κ2) is 4.91. The van der Waals surface area contributed by atoms with E-state index in [2.05, 4.69) is 5.32 Å². The first kappa shape index (κ1) is 15.7. The van der Waals surface area contributed by atoms with Crippen LogP contribution in [0.25, 0.3) is 0 Å². The monoisotopic (exact) mass is 253 g/mol. The summed E-state index contributed by atoms with van der Waals surface area (Å²) in [6.07, 6.45) is 0.685. The van der Waals surface area contributed by atoms with Crippen LogP contribution in [0.2, 0.25) is 0 Å². The smallest absolute Gasteiger partial charge is 0.226 e. The van der Waals surface area contributed by atoms with E-state index in [0.717, 1.165) is 0 Å². The van der Waals surface area contributed by atoms with Gasteiger partial charge in [0, 0.05) is 11.0 Å². The highest BCUT2D eigenvalue weighted by atomic mass is 32.3. The van der Waals surface area contributed by atoms with Crippen molar-refractivity contribution in [3.63, 3.8) is 0 Å². The molecule has 0 aliphatic carbocycles. The molecule has 0 radical (unpaired) electrons. The number of amides is 1. The Hall–Kier alpha value is -0.300. The van der Waals surface area contributed by atoms with Crippen LogP contribution < -0.4 is 5.32 Å². The Morgan fingerprint density at radius 3 is 1.94 bits per heavy atom. The van der Waals surface area contributed by atoms with E-state index in [-0.39, 0.29) is 11.7 Å². The molecule has 0 atom stereocenters. The molecule has 16 heavy (non-hydrogen) atoms. The van der Waals surface area contributed by atoms with Gasteiger partial charge < -0.3 is 19.0 Å². The van der Waals surface area contributed by atoms with Crippen LogP contribution in [-0.4, -0.2) is 30.9 Å². The van der Waals surface area contributed by atoms with Gasteiger partial charge in [-0.2, -0.15) is 0 Å². The molecule has 6 heteroatoms. The number of nitrogens with one attached hydrogen (secondary N) is 1. The molecule has 0 aliphatic heterocycles. The molecule has 4 N–H and O–H groups in total. The van der Waals surface area contributed by atoms with Crippen LogP contribution in [0.5, 0.6) is 0 Å². The molecule has 0 aliphatic rings. The third-order valence-corrected chi connectivity index (χ3v) is 3.61. The zero-order chi connectivity index (χ0) is 13.2. The summed E-state index contributed by atoms with van der Waals surface area (Å²) in [5.41, 5.74) is -1.35. The lowest BCUT2D eigenvalue weighted by molar-refractivity contribution is -0.130. The molecule has 0 saturated heterocycles. The Labute approximate surface area is 98.8 Å². The predicted octanol–water partition coefficient (Wildman–Crippen LogP) is 2.54. The third kappa shape index (κ3) is 5.69. The Morgan fingerprint density at radius 1 is 1.19 bits per heavy atom. The minimum absolute atomic E-state index is 0.163. The molecular formula is C10H23NO4S. The maximum atomic E-state index is 11.9. The van der Waals surface area contributed by atoms with E-state index >= 15 is 0 Å². The van der Waals surface area contributed by atoms with Gasteiger partial charge in [0.05, 0.1) is 16.6 Å². The summed E-state index contributed by atoms with van der Waals surface area (Å²) in [6.45, 7) is 8.82. The fraction of sp³-hybridized carbons (Fsp3) is 0.900. The minimum Gasteiger partial charge on any atom is -0.350 e. The van der Waals surface area contributed by atoms with E-state index in [0.29, 0.717) is 6.42 Å². The van der Waals surface area contributed by atoms with Crippen molar-refractivity contribution in [3.05, 3.63) is 0 Å². The van der Waals surface area contributed by atoms with Crippen LogP contribution in [0.15, 0.2) is 0 Å². The topological polar surface area (TPSA) is 89.8 Å². The van der Waals surface area contributed by atoms with Crippen LogP contribution in [0, 0.1) is 5.41 Å². The van der Waals surface area contributed by atoms with Gasteiger partial charge in [0.15, 0.2) is 0 Å². The average molecular weight is 253 g/mol. The van der Waals surface area contributed by atoms with Crippen molar-refractivity contribution in [1.82, 2.24) is 5.32 Å². The highest BCUT2D eigenvalue weighted by molar-refractivity contribution is 8.19. The van der Waals surface area contributed by atoms with Gasteiger partial charge in [0.1, 0.15) is 0 Å². The van der Waals surface area contributed by atoms with Crippen LogP contribution in [-0.2, 0) is 4.79 Å². The molecule has 1 amide bonds. The van der Waals surface area contributed by atoms with Crippen molar-refractivity contribution in [2.75, 3.05) is 5.75 Å². The van der Waals surface area contributed by atoms with E-state index in [1.165, 1.54) is 0 Å². The summed E-state index contributed by atoms with van der Waals surface area (Å²) >= 11 is 0. The van der Waals surface area contributed by atoms with Gasteiger partial charge in [-0.25, -0.2) is 0 Å². The molecule has 0 spiro atoms. The average Bonchev–Trinajstić information content (AvgIpc) is 1.98. The highest BCUT2D eigenvalue weighted by Crippen LogP contribution is 2.36. The second-order valence-electron chi connectivity index (χ2n) is 5.35. The zero-order valence-corrected chi connectivity index (χ0v) is 11.4. The van der Waals surface area contributed by atoms with Gasteiger partial charge in [-0.05, 0) is 20.3 Å². The van der Waals surface area contributed by atoms with E-state index in [1.807, 2.05) is 20.8 Å². The van der Waals surface area contributed by atoms with E-state index in [1.54, 1.807) is 13.8 Å². The third-order valence-electron chi connectivity index (χ3n) is 2.50. The summed E-state index contributed by atoms with van der Waals surface area (Å²) in [4.78, 5) is 11.9. The molecule has 0 aromatic rings. The number of carbonyl (C=O) groups is 1. The van der Waals surface area contributed by atoms with Gasteiger partial charge in [-0.3, -0.25) is 4.79 Å². The number of hydrogen-bond acceptors (Lipinski definition) is 4. The van der Waals surface area contributed by atoms with Crippen LogP contribution in [0.3, 0.4) is 0 Å². The maximum Gasteiger partial charge on any atom is 0.226 e. The van der Waals surface area contributed by atoms with Crippen molar-refractivity contribution in [1.29, 1.82) is 0 Å². The molecule has 0 aromatic carbocycles. The Balaban J connectivity index is 4.55. The van der Waals surface area contributed by atoms with Crippen LogP contribution in [0.4, 0.5) is 0 Å². The van der Waals surface area contributed by atoms with Crippen molar-refractivity contribution in [3.8, 4) is 0 Å². The fourth-order valence-corrected chi connectivity index (χ4v) is 2.20. The predicted molar refractivity (Wildman–Crippen MR) is 66.6 cm³/mol. The van der Waals surface area contributed by atoms with E-state index in [9.17, 15) is 4.79 Å². The Morgan fingerprint density at radius 2 is 1.62 bits per heavy atom. The second-order valence-corrected chi connectivity index (χ2v) is 6.91. The standard InChI is InChI=1S/C10H23NO4S/c1-6-9(2,3)8(12)11-10(4,5)7-16(13,14)15/h13-15H,6-7H2,1-5H3,(H,11,12). The Kier molecular flexibility index (Phi) is 4.82. The lowest BCUT2D eigenvalue weighted by Gasteiger charge is -2.35. The van der Waals surface area contributed by atoms with Crippen molar-refractivity contribution in [2.45, 2.75) is 46.6 Å². The SMILES string of the molecule is CCC(C)(C)C(=O)NC(C)(C)CS(O)(O)O. The summed E-state index contributed by atoms with van der Waals surface area (Å²) in [7, 11) is -3.59. The molecule has 0 saturated carbocycles. The van der Waals surface area contributed by atoms with Crippen LogP contribution >= 0.6 is 10.9 Å². The summed E-state index contributed by atoms with van der Waals surface area (Å²) in [5, 5.41) is 2.71. The Bertz CT molecular complexity index is 258. The quantitative estimate of drug-likeness (QED) is 0.606. The molecule has 0 bridgehead atoms. The molecule has 5 nitrogen and oxygen atoms in total. The van der Waals surface area contributed by atoms with Crippen molar-refractivity contribution in [2.24, 2.45) is 5.41 Å². The first-order chi connectivity index (χ1) is 6.90. The molecule has 0 rings (SSSR count). The maximum absolute atomic E-state index is 11.9. The van der Waals surface area contributed by atoms with Crippen molar-refractivity contribution < 1.29 is 18.5 Å². The largest absolute Gasteiger partial charge is 0.350 e. The van der Waals surface area contributed by atoms with Gasteiger partial charge >= 0.3 is 0 Å². The van der Waals surface area contributed by atoms with E-state index in [4.69, 9.17) is 13.7 Å². The number of hydrogen-bond donors (Lipinski definition) is 4. The molecule has 0 unspecified atom stereocenters. The summed E-state index contributed by atoms with van der Waals surface area (Å²) in [5.74, 6) is -0.436. The van der Waals surface area contributed by atoms with Crippen LogP contribution in [0.1, 0.15) is 41.0 Å². The lowest BCUT2D eigenvalue weighted by Crippen LogP contribution is -2.51. The van der Waals surface area contributed by atoms with Gasteiger partial charge in [-0.1, -0.05) is 20.8 Å². The highest BCUT2D eigenvalue weighted by Gasteiger charge is 2.33. The van der Waals surface area contributed by atoms with Crippen molar-refractivity contribution >= 4 is 16.8 Å². The number of rotatable bonds is 5. The minimum atomic E-state index is -3.59. The zero-order valence-electron chi connectivity index (χ0n) is 10.6. The van der Waals surface area contributed by atoms with E-state index < -0.39 is 21.8 Å².